The van der Waals surface area contributed by atoms with E-state index in [2.05, 4.69) is 19.2 Å². The van der Waals surface area contributed by atoms with Crippen molar-refractivity contribution >= 4 is 17.5 Å². The molecule has 0 radical (unpaired) electrons. The molecule has 0 aliphatic heterocycles. The van der Waals surface area contributed by atoms with Crippen molar-refractivity contribution in [3.63, 3.8) is 0 Å². The monoisotopic (exact) mass is 388 g/mol. The summed E-state index contributed by atoms with van der Waals surface area (Å²) in [7, 11) is 0. The molecule has 2 aromatic carbocycles. The van der Waals surface area contributed by atoms with Gasteiger partial charge >= 0.3 is 0 Å². The summed E-state index contributed by atoms with van der Waals surface area (Å²) in [4.78, 5) is 11.5. The second kappa shape index (κ2) is 7.99. The highest BCUT2D eigenvalue weighted by atomic mass is 35.5. The second-order valence-corrected chi connectivity index (χ2v) is 8.53. The van der Waals surface area contributed by atoms with Crippen LogP contribution in [0.1, 0.15) is 55.5 Å². The Morgan fingerprint density at radius 2 is 1.96 bits per heavy atom. The smallest absolute Gasteiger partial charge is 0.250 e. The topological polar surface area (TPSA) is 55.1 Å². The minimum atomic E-state index is -0.598. The summed E-state index contributed by atoms with van der Waals surface area (Å²) in [6.45, 7) is 5.12. The molecule has 27 heavy (non-hydrogen) atoms. The van der Waals surface area contributed by atoms with Gasteiger partial charge in [-0.05, 0) is 48.8 Å². The molecule has 2 aromatic rings. The van der Waals surface area contributed by atoms with Crippen LogP contribution in [0.2, 0.25) is 5.02 Å². The summed E-state index contributed by atoms with van der Waals surface area (Å²) < 4.78 is 14.6. The van der Waals surface area contributed by atoms with E-state index in [1.807, 2.05) is 6.07 Å². The van der Waals surface area contributed by atoms with Gasteiger partial charge < -0.3 is 11.1 Å². The number of carbonyl (C=O) groups excluding carboxylic acids is 1. The van der Waals surface area contributed by atoms with Crippen LogP contribution in [0, 0.1) is 11.2 Å². The van der Waals surface area contributed by atoms with E-state index >= 15 is 0 Å². The van der Waals surface area contributed by atoms with Crippen molar-refractivity contribution in [3.05, 3.63) is 58.4 Å². The quantitative estimate of drug-likeness (QED) is 0.729. The molecule has 0 atom stereocenters. The Morgan fingerprint density at radius 1 is 1.26 bits per heavy atom. The summed E-state index contributed by atoms with van der Waals surface area (Å²) in [6.07, 6.45) is 4.64. The third-order valence-electron chi connectivity index (χ3n) is 5.55. The molecule has 1 aliphatic rings. The van der Waals surface area contributed by atoms with Crippen LogP contribution in [0.3, 0.4) is 0 Å². The van der Waals surface area contributed by atoms with Crippen LogP contribution in [-0.4, -0.2) is 11.9 Å². The summed E-state index contributed by atoms with van der Waals surface area (Å²) in [5, 5.41) is 3.73. The standard InChI is InChI=1S/C22H26ClFN2O/c1-22(2)10-8-16(9-11-22)26-13-15-7-6-14(12-19(15)24)17-4-3-5-18(20(17)23)21(25)27/h3-7,12,16,26H,8-11,13H2,1-2H3,(H2,25,27). The first kappa shape index (κ1) is 19.8. The first-order chi connectivity index (χ1) is 12.8. The average Bonchev–Trinajstić information content (AvgIpc) is 2.61. The van der Waals surface area contributed by atoms with Crippen LogP contribution in [0.15, 0.2) is 36.4 Å². The molecule has 3 N–H and O–H groups in total. The fourth-order valence-corrected chi connectivity index (χ4v) is 3.99. The molecule has 0 unspecified atom stereocenters. The van der Waals surface area contributed by atoms with E-state index in [1.165, 1.54) is 18.9 Å². The largest absolute Gasteiger partial charge is 0.366 e. The van der Waals surface area contributed by atoms with E-state index in [4.69, 9.17) is 17.3 Å². The number of amides is 1. The zero-order valence-corrected chi connectivity index (χ0v) is 16.6. The summed E-state index contributed by atoms with van der Waals surface area (Å²) in [6, 6.07) is 10.5. The van der Waals surface area contributed by atoms with Crippen LogP contribution in [-0.2, 0) is 6.54 Å². The molecule has 0 saturated heterocycles. The number of carbonyl (C=O) groups is 1. The lowest BCUT2D eigenvalue weighted by molar-refractivity contribution is 0.100. The van der Waals surface area contributed by atoms with Gasteiger partial charge in [-0.25, -0.2) is 4.39 Å². The Labute approximate surface area is 165 Å². The molecule has 1 fully saturated rings. The first-order valence-corrected chi connectivity index (χ1v) is 9.75. The molecule has 0 bridgehead atoms. The molecular formula is C22H26ClFN2O. The van der Waals surface area contributed by atoms with E-state index in [0.717, 1.165) is 12.8 Å². The number of benzene rings is 2. The molecule has 1 saturated carbocycles. The summed E-state index contributed by atoms with van der Waals surface area (Å²) >= 11 is 6.28. The van der Waals surface area contributed by atoms with Crippen molar-refractivity contribution in [1.29, 1.82) is 0 Å². The minimum absolute atomic E-state index is 0.237. The number of primary amides is 1. The van der Waals surface area contributed by atoms with Gasteiger partial charge in [-0.1, -0.05) is 49.7 Å². The van der Waals surface area contributed by atoms with Crippen LogP contribution in [0.4, 0.5) is 4.39 Å². The van der Waals surface area contributed by atoms with Gasteiger partial charge in [0.1, 0.15) is 5.82 Å². The number of rotatable bonds is 5. The van der Waals surface area contributed by atoms with E-state index < -0.39 is 5.91 Å². The third kappa shape index (κ3) is 4.69. The Morgan fingerprint density at radius 3 is 2.59 bits per heavy atom. The predicted octanol–water partition coefficient (Wildman–Crippen LogP) is 5.30. The van der Waals surface area contributed by atoms with Crippen LogP contribution < -0.4 is 11.1 Å². The SMILES string of the molecule is CC1(C)CCC(NCc2ccc(-c3cccc(C(N)=O)c3Cl)cc2F)CC1. The highest BCUT2D eigenvalue weighted by Gasteiger charge is 2.26. The van der Waals surface area contributed by atoms with Crippen molar-refractivity contribution < 1.29 is 9.18 Å². The van der Waals surface area contributed by atoms with E-state index in [0.29, 0.717) is 34.7 Å². The molecule has 1 aliphatic carbocycles. The number of halogens is 2. The number of nitrogens with two attached hydrogens (primary N) is 1. The van der Waals surface area contributed by atoms with Gasteiger partial charge in [0.05, 0.1) is 10.6 Å². The maximum absolute atomic E-state index is 14.6. The maximum atomic E-state index is 14.6. The Kier molecular flexibility index (Phi) is 5.87. The predicted molar refractivity (Wildman–Crippen MR) is 108 cm³/mol. The Balaban J connectivity index is 1.71. The van der Waals surface area contributed by atoms with E-state index in [-0.39, 0.29) is 16.4 Å². The lowest BCUT2D eigenvalue weighted by Crippen LogP contribution is -2.35. The van der Waals surface area contributed by atoms with Crippen molar-refractivity contribution in [2.45, 2.75) is 52.1 Å². The Hall–Kier alpha value is -1.91. The maximum Gasteiger partial charge on any atom is 0.250 e. The molecular weight excluding hydrogens is 363 g/mol. The molecule has 1 amide bonds. The zero-order chi connectivity index (χ0) is 19.6. The first-order valence-electron chi connectivity index (χ1n) is 9.37. The van der Waals surface area contributed by atoms with Gasteiger partial charge in [-0.3, -0.25) is 4.79 Å². The van der Waals surface area contributed by atoms with E-state index in [1.54, 1.807) is 24.3 Å². The normalized spacial score (nSPS) is 17.0. The van der Waals surface area contributed by atoms with Crippen molar-refractivity contribution in [2.75, 3.05) is 0 Å². The molecule has 3 rings (SSSR count). The van der Waals surface area contributed by atoms with Crippen LogP contribution in [0.5, 0.6) is 0 Å². The minimum Gasteiger partial charge on any atom is -0.366 e. The van der Waals surface area contributed by atoms with E-state index in [9.17, 15) is 9.18 Å². The number of hydrogen-bond acceptors (Lipinski definition) is 2. The van der Waals surface area contributed by atoms with Crippen molar-refractivity contribution in [2.24, 2.45) is 11.1 Å². The molecule has 0 aromatic heterocycles. The Bertz CT molecular complexity index is 840. The summed E-state index contributed by atoms with van der Waals surface area (Å²) in [5.74, 6) is -0.879. The van der Waals surface area contributed by atoms with Gasteiger partial charge in [-0.15, -0.1) is 0 Å². The lowest BCUT2D eigenvalue weighted by atomic mass is 9.75. The number of hydrogen-bond donors (Lipinski definition) is 2. The molecule has 3 nitrogen and oxygen atoms in total. The van der Waals surface area contributed by atoms with Crippen LogP contribution >= 0.6 is 11.6 Å². The van der Waals surface area contributed by atoms with Gasteiger partial charge in [0.2, 0.25) is 5.91 Å². The highest BCUT2D eigenvalue weighted by Crippen LogP contribution is 2.35. The average molecular weight is 389 g/mol. The van der Waals surface area contributed by atoms with Gasteiger partial charge in [0, 0.05) is 23.7 Å². The van der Waals surface area contributed by atoms with Crippen molar-refractivity contribution in [3.8, 4) is 11.1 Å². The second-order valence-electron chi connectivity index (χ2n) is 8.16. The molecule has 5 heteroatoms. The van der Waals surface area contributed by atoms with Gasteiger partial charge in [0.15, 0.2) is 0 Å². The van der Waals surface area contributed by atoms with Crippen molar-refractivity contribution in [1.82, 2.24) is 5.32 Å². The van der Waals surface area contributed by atoms with Gasteiger partial charge in [0.25, 0.3) is 0 Å². The third-order valence-corrected chi connectivity index (χ3v) is 5.96. The fraction of sp³-hybridized carbons (Fsp3) is 0.409. The fourth-order valence-electron chi connectivity index (χ4n) is 3.66. The van der Waals surface area contributed by atoms with Crippen LogP contribution in [0.25, 0.3) is 11.1 Å². The summed E-state index contributed by atoms with van der Waals surface area (Å²) in [5.41, 5.74) is 7.85. The van der Waals surface area contributed by atoms with Gasteiger partial charge in [-0.2, -0.15) is 0 Å². The number of nitrogens with one attached hydrogen (secondary N) is 1. The molecule has 0 spiro atoms. The lowest BCUT2D eigenvalue weighted by Gasteiger charge is -2.34. The highest BCUT2D eigenvalue weighted by molar-refractivity contribution is 6.36. The zero-order valence-electron chi connectivity index (χ0n) is 15.8. The molecule has 0 heterocycles. The molecule has 144 valence electrons.